The largest absolute Gasteiger partial charge is 0.347 e. The molecule has 144 valence electrons. The van der Waals surface area contributed by atoms with Crippen molar-refractivity contribution in [2.75, 3.05) is 6.54 Å². The van der Waals surface area contributed by atoms with Crippen LogP contribution >= 0.6 is 0 Å². The molecule has 1 heterocycles. The molecule has 1 saturated heterocycles. The van der Waals surface area contributed by atoms with Crippen LogP contribution in [-0.2, 0) is 9.59 Å². The van der Waals surface area contributed by atoms with E-state index in [0.29, 0.717) is 19.4 Å². The minimum absolute atomic E-state index is 0.0374. The third-order valence-electron chi connectivity index (χ3n) is 5.31. The van der Waals surface area contributed by atoms with E-state index in [1.807, 2.05) is 0 Å². The van der Waals surface area contributed by atoms with Crippen molar-refractivity contribution in [3.63, 3.8) is 0 Å². The van der Waals surface area contributed by atoms with Crippen molar-refractivity contribution in [3.8, 4) is 0 Å². The van der Waals surface area contributed by atoms with Gasteiger partial charge >= 0.3 is 0 Å². The molecule has 1 saturated carbocycles. The Bertz CT molecular complexity index is 740. The highest BCUT2D eigenvalue weighted by Gasteiger charge is 2.38. The second kappa shape index (κ2) is 8.28. The summed E-state index contributed by atoms with van der Waals surface area (Å²) in [5, 5.41) is 13.6. The average molecular weight is 373 g/mol. The average Bonchev–Trinajstić information content (AvgIpc) is 3.17. The van der Waals surface area contributed by atoms with E-state index < -0.39 is 22.7 Å². The first kappa shape index (κ1) is 19.0. The monoisotopic (exact) mass is 373 g/mol. The molecule has 0 bridgehead atoms. The van der Waals surface area contributed by atoms with Crippen LogP contribution in [0.15, 0.2) is 24.3 Å². The van der Waals surface area contributed by atoms with E-state index in [1.165, 1.54) is 29.2 Å². The summed E-state index contributed by atoms with van der Waals surface area (Å²) in [6.07, 6.45) is 6.12. The van der Waals surface area contributed by atoms with Gasteiger partial charge in [-0.3, -0.25) is 24.5 Å². The first-order chi connectivity index (χ1) is 13.0. The standard InChI is InChI=1S/C19H23N3O5/c23-17(18(24)20-14-5-2-1-3-6-14)16-7-4-12-21(16)19(25)13-8-10-15(11-9-13)22(26)27/h8-11,14,16H,1-7,12H2,(H,20,24)/t16-/m0/s1. The molecule has 8 nitrogen and oxygen atoms in total. The molecule has 1 aliphatic heterocycles. The third-order valence-corrected chi connectivity index (χ3v) is 5.31. The Morgan fingerprint density at radius 2 is 1.67 bits per heavy atom. The van der Waals surface area contributed by atoms with Crippen LogP contribution < -0.4 is 5.32 Å². The Morgan fingerprint density at radius 3 is 2.30 bits per heavy atom. The van der Waals surface area contributed by atoms with Crippen molar-refractivity contribution in [2.45, 2.75) is 57.0 Å². The number of carbonyl (C=O) groups is 3. The fraction of sp³-hybridized carbons (Fsp3) is 0.526. The van der Waals surface area contributed by atoms with Crippen molar-refractivity contribution in [2.24, 2.45) is 0 Å². The first-order valence-corrected chi connectivity index (χ1v) is 9.37. The Labute approximate surface area is 157 Å². The van der Waals surface area contributed by atoms with E-state index in [9.17, 15) is 24.5 Å². The molecule has 1 aromatic carbocycles. The summed E-state index contributed by atoms with van der Waals surface area (Å²) in [5.74, 6) is -1.57. The van der Waals surface area contributed by atoms with E-state index >= 15 is 0 Å². The maximum Gasteiger partial charge on any atom is 0.289 e. The van der Waals surface area contributed by atoms with E-state index in [2.05, 4.69) is 5.32 Å². The predicted molar refractivity (Wildman–Crippen MR) is 97.2 cm³/mol. The molecular formula is C19H23N3O5. The van der Waals surface area contributed by atoms with Crippen LogP contribution in [0.2, 0.25) is 0 Å². The number of amides is 2. The second-order valence-corrected chi connectivity index (χ2v) is 7.13. The Morgan fingerprint density at radius 1 is 1.00 bits per heavy atom. The Balaban J connectivity index is 1.66. The van der Waals surface area contributed by atoms with Gasteiger partial charge in [-0.05, 0) is 37.8 Å². The van der Waals surface area contributed by atoms with Crippen LogP contribution in [0.3, 0.4) is 0 Å². The molecule has 8 heteroatoms. The number of nitrogens with one attached hydrogen (secondary N) is 1. The van der Waals surface area contributed by atoms with Gasteiger partial charge in [0.1, 0.15) is 6.04 Å². The van der Waals surface area contributed by atoms with Crippen LogP contribution in [0.1, 0.15) is 55.3 Å². The first-order valence-electron chi connectivity index (χ1n) is 9.37. The van der Waals surface area contributed by atoms with E-state index in [1.54, 1.807) is 0 Å². The molecule has 1 aromatic rings. The molecule has 0 aromatic heterocycles. The van der Waals surface area contributed by atoms with Crippen LogP contribution in [0.25, 0.3) is 0 Å². The van der Waals surface area contributed by atoms with E-state index in [-0.39, 0.29) is 23.2 Å². The number of nitro benzene ring substituents is 1. The number of hydrogen-bond acceptors (Lipinski definition) is 5. The number of ketones is 1. The van der Waals surface area contributed by atoms with Crippen molar-refractivity contribution >= 4 is 23.3 Å². The minimum Gasteiger partial charge on any atom is -0.347 e. The SMILES string of the molecule is O=C(NC1CCCCC1)C(=O)[C@@H]1CCCN1C(=O)c1ccc([N+](=O)[O-])cc1. The summed E-state index contributed by atoms with van der Waals surface area (Å²) >= 11 is 0. The molecule has 2 fully saturated rings. The van der Waals surface area contributed by atoms with Gasteiger partial charge in [0.2, 0.25) is 5.78 Å². The van der Waals surface area contributed by atoms with Gasteiger partial charge in [-0.1, -0.05) is 19.3 Å². The highest BCUT2D eigenvalue weighted by molar-refractivity contribution is 6.38. The zero-order chi connectivity index (χ0) is 19.4. The fourth-order valence-corrected chi connectivity index (χ4v) is 3.83. The summed E-state index contributed by atoms with van der Waals surface area (Å²) in [7, 11) is 0. The zero-order valence-electron chi connectivity index (χ0n) is 15.1. The number of Topliss-reactive ketones (excluding diaryl/α,β-unsaturated/α-hetero) is 1. The lowest BCUT2D eigenvalue weighted by molar-refractivity contribution is -0.384. The summed E-state index contributed by atoms with van der Waals surface area (Å²) < 4.78 is 0. The molecule has 27 heavy (non-hydrogen) atoms. The number of nitro groups is 1. The molecule has 1 atom stereocenters. The number of hydrogen-bond donors (Lipinski definition) is 1. The highest BCUT2D eigenvalue weighted by Crippen LogP contribution is 2.23. The molecule has 0 unspecified atom stereocenters. The smallest absolute Gasteiger partial charge is 0.289 e. The van der Waals surface area contributed by atoms with Crippen LogP contribution in [0.4, 0.5) is 5.69 Å². The summed E-state index contributed by atoms with van der Waals surface area (Å²) in [4.78, 5) is 49.3. The van der Waals surface area contributed by atoms with Gasteiger partial charge in [0.25, 0.3) is 17.5 Å². The lowest BCUT2D eigenvalue weighted by atomic mass is 9.95. The van der Waals surface area contributed by atoms with Gasteiger partial charge in [0.15, 0.2) is 0 Å². The Hall–Kier alpha value is -2.77. The number of rotatable bonds is 5. The number of benzene rings is 1. The molecule has 2 amide bonds. The lowest BCUT2D eigenvalue weighted by Crippen LogP contribution is -2.49. The van der Waals surface area contributed by atoms with Gasteiger partial charge in [0.05, 0.1) is 4.92 Å². The van der Waals surface area contributed by atoms with Gasteiger partial charge in [-0.2, -0.15) is 0 Å². The van der Waals surface area contributed by atoms with Crippen molar-refractivity contribution < 1.29 is 19.3 Å². The van der Waals surface area contributed by atoms with E-state index in [4.69, 9.17) is 0 Å². The molecule has 0 radical (unpaired) electrons. The molecular weight excluding hydrogens is 350 g/mol. The Kier molecular flexibility index (Phi) is 5.83. The van der Waals surface area contributed by atoms with Crippen LogP contribution in [0.5, 0.6) is 0 Å². The topological polar surface area (TPSA) is 110 Å². The number of likely N-dealkylation sites (tertiary alicyclic amines) is 1. The highest BCUT2D eigenvalue weighted by atomic mass is 16.6. The zero-order valence-corrected chi connectivity index (χ0v) is 15.1. The number of nitrogens with zero attached hydrogens (tertiary/aromatic N) is 2. The molecule has 1 N–H and O–H groups in total. The summed E-state index contributed by atoms with van der Waals surface area (Å²) in [6.45, 7) is 0.392. The van der Waals surface area contributed by atoms with E-state index in [0.717, 1.165) is 32.1 Å². The normalized spacial score (nSPS) is 20.3. The maximum atomic E-state index is 12.7. The van der Waals surface area contributed by atoms with Crippen LogP contribution in [0, 0.1) is 10.1 Å². The number of carbonyl (C=O) groups excluding carboxylic acids is 3. The van der Waals surface area contributed by atoms with Crippen molar-refractivity contribution in [1.29, 1.82) is 0 Å². The fourth-order valence-electron chi connectivity index (χ4n) is 3.83. The molecule has 0 spiro atoms. The quantitative estimate of drug-likeness (QED) is 0.483. The minimum atomic E-state index is -0.767. The second-order valence-electron chi connectivity index (χ2n) is 7.13. The van der Waals surface area contributed by atoms with Gasteiger partial charge in [-0.25, -0.2) is 0 Å². The molecule has 3 rings (SSSR count). The molecule has 1 aliphatic carbocycles. The van der Waals surface area contributed by atoms with Crippen molar-refractivity contribution in [3.05, 3.63) is 39.9 Å². The summed E-state index contributed by atoms with van der Waals surface area (Å²) in [5.41, 5.74) is 0.167. The van der Waals surface area contributed by atoms with Gasteiger partial charge < -0.3 is 10.2 Å². The summed E-state index contributed by atoms with van der Waals surface area (Å²) in [6, 6.07) is 4.54. The third kappa shape index (κ3) is 4.32. The lowest BCUT2D eigenvalue weighted by Gasteiger charge is -2.26. The van der Waals surface area contributed by atoms with Gasteiger partial charge in [-0.15, -0.1) is 0 Å². The predicted octanol–water partition coefficient (Wildman–Crippen LogP) is 2.22. The molecule has 2 aliphatic rings. The maximum absolute atomic E-state index is 12.7. The van der Waals surface area contributed by atoms with Crippen LogP contribution in [-0.4, -0.2) is 46.0 Å². The number of non-ortho nitro benzene ring substituents is 1. The van der Waals surface area contributed by atoms with Gasteiger partial charge in [0, 0.05) is 30.3 Å². The van der Waals surface area contributed by atoms with Crippen molar-refractivity contribution in [1.82, 2.24) is 10.2 Å².